The molecule has 0 bridgehead atoms. The second-order valence-electron chi connectivity index (χ2n) is 5.61. The van der Waals surface area contributed by atoms with Crippen LogP contribution in [-0.2, 0) is 6.42 Å². The molecule has 0 aliphatic rings. The fourth-order valence-corrected chi connectivity index (χ4v) is 2.14. The molecule has 0 saturated heterocycles. The summed E-state index contributed by atoms with van der Waals surface area (Å²) in [4.78, 5) is 0. The minimum Gasteiger partial charge on any atom is -0.395 e. The van der Waals surface area contributed by atoms with Gasteiger partial charge in [0.05, 0.1) is 6.61 Å². The van der Waals surface area contributed by atoms with Crippen LogP contribution in [0.4, 0.5) is 0 Å². The highest BCUT2D eigenvalue weighted by atomic mass is 16.3. The van der Waals surface area contributed by atoms with Crippen LogP contribution < -0.4 is 5.32 Å². The predicted molar refractivity (Wildman–Crippen MR) is 77.7 cm³/mol. The van der Waals surface area contributed by atoms with E-state index in [2.05, 4.69) is 38.2 Å². The van der Waals surface area contributed by atoms with Crippen LogP contribution in [0, 0.1) is 5.92 Å². The molecule has 2 atom stereocenters. The number of aliphatic hydroxyl groups excluding tert-OH is 1. The Kier molecular flexibility index (Phi) is 6.99. The van der Waals surface area contributed by atoms with Crippen molar-refractivity contribution in [2.75, 3.05) is 6.61 Å². The van der Waals surface area contributed by atoms with E-state index in [0.717, 1.165) is 12.3 Å². The van der Waals surface area contributed by atoms with Gasteiger partial charge in [-0.3, -0.25) is 0 Å². The minimum absolute atomic E-state index is 0.162. The summed E-state index contributed by atoms with van der Waals surface area (Å²) in [6, 6.07) is 11.0. The molecule has 1 unspecified atom stereocenters. The molecule has 0 spiro atoms. The maximum absolute atomic E-state index is 9.45. The van der Waals surface area contributed by atoms with Crippen molar-refractivity contribution < 1.29 is 5.11 Å². The molecule has 0 aromatic heterocycles. The predicted octanol–water partition coefficient (Wildman–Crippen LogP) is 3.00. The third-order valence-corrected chi connectivity index (χ3v) is 3.24. The van der Waals surface area contributed by atoms with Crippen molar-refractivity contribution in [1.82, 2.24) is 5.32 Å². The zero-order valence-corrected chi connectivity index (χ0v) is 11.9. The summed E-state index contributed by atoms with van der Waals surface area (Å²) in [5, 5.41) is 13.0. The standard InChI is InChI=1S/C16H27NO/c1-13(2)9-10-14(3)17-16(12-18)11-15-7-5-4-6-8-15/h4-8,13-14,16-18H,9-12H2,1-3H3/t14?,16-/m1/s1. The molecule has 0 fully saturated rings. The third kappa shape index (κ3) is 6.18. The average Bonchev–Trinajstić information content (AvgIpc) is 2.37. The lowest BCUT2D eigenvalue weighted by Gasteiger charge is -2.22. The highest BCUT2D eigenvalue weighted by Gasteiger charge is 2.12. The molecule has 2 N–H and O–H groups in total. The highest BCUT2D eigenvalue weighted by molar-refractivity contribution is 5.15. The van der Waals surface area contributed by atoms with Crippen molar-refractivity contribution in [1.29, 1.82) is 0 Å². The molecule has 0 saturated carbocycles. The van der Waals surface area contributed by atoms with Crippen molar-refractivity contribution in [2.45, 2.75) is 52.1 Å². The molecular weight excluding hydrogens is 222 g/mol. The molecule has 0 radical (unpaired) electrons. The lowest BCUT2D eigenvalue weighted by Crippen LogP contribution is -2.40. The molecule has 0 amide bonds. The summed E-state index contributed by atoms with van der Waals surface area (Å²) in [7, 11) is 0. The Bertz CT molecular complexity index is 310. The largest absolute Gasteiger partial charge is 0.395 e. The number of hydrogen-bond donors (Lipinski definition) is 2. The van der Waals surface area contributed by atoms with E-state index in [0.29, 0.717) is 6.04 Å². The van der Waals surface area contributed by atoms with E-state index in [-0.39, 0.29) is 12.6 Å². The van der Waals surface area contributed by atoms with Crippen LogP contribution in [0.3, 0.4) is 0 Å². The first-order chi connectivity index (χ1) is 8.61. The van der Waals surface area contributed by atoms with Crippen LogP contribution in [0.25, 0.3) is 0 Å². The van der Waals surface area contributed by atoms with Crippen LogP contribution in [0.15, 0.2) is 30.3 Å². The molecule has 0 aliphatic carbocycles. The zero-order valence-electron chi connectivity index (χ0n) is 11.9. The summed E-state index contributed by atoms with van der Waals surface area (Å²) in [5.74, 6) is 0.746. The zero-order chi connectivity index (χ0) is 13.4. The van der Waals surface area contributed by atoms with E-state index in [1.807, 2.05) is 18.2 Å². The summed E-state index contributed by atoms with van der Waals surface area (Å²) < 4.78 is 0. The minimum atomic E-state index is 0.162. The number of benzene rings is 1. The molecule has 102 valence electrons. The van der Waals surface area contributed by atoms with Crippen LogP contribution >= 0.6 is 0 Å². The van der Waals surface area contributed by atoms with Crippen LogP contribution in [0.1, 0.15) is 39.2 Å². The Morgan fingerprint density at radius 2 is 1.72 bits per heavy atom. The van der Waals surface area contributed by atoms with Crippen molar-refractivity contribution in [2.24, 2.45) is 5.92 Å². The third-order valence-electron chi connectivity index (χ3n) is 3.24. The van der Waals surface area contributed by atoms with Gasteiger partial charge in [-0.15, -0.1) is 0 Å². The van der Waals surface area contributed by atoms with E-state index in [9.17, 15) is 5.11 Å². The first kappa shape index (κ1) is 15.2. The fraction of sp³-hybridized carbons (Fsp3) is 0.625. The van der Waals surface area contributed by atoms with E-state index in [1.165, 1.54) is 18.4 Å². The van der Waals surface area contributed by atoms with E-state index < -0.39 is 0 Å². The molecule has 0 heterocycles. The maximum Gasteiger partial charge on any atom is 0.0587 e. The quantitative estimate of drug-likeness (QED) is 0.742. The second kappa shape index (κ2) is 8.28. The van der Waals surface area contributed by atoms with E-state index in [1.54, 1.807) is 0 Å². The van der Waals surface area contributed by atoms with Gasteiger partial charge >= 0.3 is 0 Å². The summed E-state index contributed by atoms with van der Waals surface area (Å²) in [6.07, 6.45) is 3.30. The summed E-state index contributed by atoms with van der Waals surface area (Å²) in [5.41, 5.74) is 1.28. The SMILES string of the molecule is CC(C)CCC(C)N[C@@H](CO)Cc1ccccc1. The Hall–Kier alpha value is -0.860. The van der Waals surface area contributed by atoms with E-state index in [4.69, 9.17) is 0 Å². The van der Waals surface area contributed by atoms with Gasteiger partial charge in [0.25, 0.3) is 0 Å². The van der Waals surface area contributed by atoms with Gasteiger partial charge in [-0.2, -0.15) is 0 Å². The van der Waals surface area contributed by atoms with Crippen LogP contribution in [-0.4, -0.2) is 23.8 Å². The maximum atomic E-state index is 9.45. The Balaban J connectivity index is 2.37. The van der Waals surface area contributed by atoms with Crippen molar-refractivity contribution in [3.8, 4) is 0 Å². The van der Waals surface area contributed by atoms with Gasteiger partial charge in [-0.05, 0) is 37.7 Å². The molecule has 2 heteroatoms. The normalized spacial score (nSPS) is 14.7. The lowest BCUT2D eigenvalue weighted by atomic mass is 10.0. The number of aliphatic hydroxyl groups is 1. The summed E-state index contributed by atoms with van der Waals surface area (Å²) in [6.45, 7) is 6.90. The van der Waals surface area contributed by atoms with Crippen LogP contribution in [0.5, 0.6) is 0 Å². The van der Waals surface area contributed by atoms with Crippen LogP contribution in [0.2, 0.25) is 0 Å². The summed E-state index contributed by atoms with van der Waals surface area (Å²) >= 11 is 0. The Morgan fingerprint density at radius 1 is 1.06 bits per heavy atom. The molecule has 0 aliphatic heterocycles. The molecule has 1 aromatic carbocycles. The van der Waals surface area contributed by atoms with E-state index >= 15 is 0 Å². The topological polar surface area (TPSA) is 32.3 Å². The Morgan fingerprint density at radius 3 is 2.28 bits per heavy atom. The van der Waals surface area contributed by atoms with Crippen molar-refractivity contribution in [3.63, 3.8) is 0 Å². The lowest BCUT2D eigenvalue weighted by molar-refractivity contribution is 0.228. The monoisotopic (exact) mass is 249 g/mol. The Labute approximate surface area is 111 Å². The number of nitrogens with one attached hydrogen (secondary N) is 1. The van der Waals surface area contributed by atoms with Gasteiger partial charge in [0.1, 0.15) is 0 Å². The first-order valence-electron chi connectivity index (χ1n) is 7.02. The van der Waals surface area contributed by atoms with Gasteiger partial charge in [-0.25, -0.2) is 0 Å². The van der Waals surface area contributed by atoms with Gasteiger partial charge in [0.2, 0.25) is 0 Å². The average molecular weight is 249 g/mol. The second-order valence-corrected chi connectivity index (χ2v) is 5.61. The highest BCUT2D eigenvalue weighted by Crippen LogP contribution is 2.09. The van der Waals surface area contributed by atoms with Gasteiger partial charge in [-0.1, -0.05) is 44.2 Å². The first-order valence-corrected chi connectivity index (χ1v) is 7.02. The van der Waals surface area contributed by atoms with Crippen molar-refractivity contribution in [3.05, 3.63) is 35.9 Å². The smallest absolute Gasteiger partial charge is 0.0587 e. The molecule has 1 aromatic rings. The van der Waals surface area contributed by atoms with Gasteiger partial charge < -0.3 is 10.4 Å². The number of hydrogen-bond acceptors (Lipinski definition) is 2. The van der Waals surface area contributed by atoms with Gasteiger partial charge in [0, 0.05) is 12.1 Å². The number of rotatable bonds is 8. The molecule has 1 rings (SSSR count). The molecule has 2 nitrogen and oxygen atoms in total. The van der Waals surface area contributed by atoms with Crippen molar-refractivity contribution >= 4 is 0 Å². The fourth-order valence-electron chi connectivity index (χ4n) is 2.14. The van der Waals surface area contributed by atoms with Gasteiger partial charge in [0.15, 0.2) is 0 Å². The molecular formula is C16H27NO. The molecule has 18 heavy (non-hydrogen) atoms.